The lowest BCUT2D eigenvalue weighted by molar-refractivity contribution is 0.475. The molecule has 2 aromatic carbocycles. The highest BCUT2D eigenvalue weighted by molar-refractivity contribution is 5.46. The molecule has 1 unspecified atom stereocenters. The Morgan fingerprint density at radius 2 is 1.39 bits per heavy atom. The minimum absolute atomic E-state index is 0.211. The first-order valence-corrected chi connectivity index (χ1v) is 5.84. The Morgan fingerprint density at radius 1 is 0.944 bits per heavy atom. The van der Waals surface area contributed by atoms with Crippen LogP contribution in [0.3, 0.4) is 0 Å². The van der Waals surface area contributed by atoms with E-state index in [1.165, 1.54) is 5.56 Å². The topological polar surface area (TPSA) is 44.0 Å². The Morgan fingerprint density at radius 3 is 1.83 bits per heavy atom. The van der Waals surface area contributed by atoms with Crippen molar-refractivity contribution in [1.29, 1.82) is 5.26 Å². The minimum atomic E-state index is -0.693. The van der Waals surface area contributed by atoms with Gasteiger partial charge < -0.3 is 5.11 Å². The summed E-state index contributed by atoms with van der Waals surface area (Å²) in [6.45, 7) is 3.91. The highest BCUT2D eigenvalue weighted by atomic mass is 16.3. The molecule has 2 nitrogen and oxygen atoms in total. The van der Waals surface area contributed by atoms with Gasteiger partial charge in [-0.25, -0.2) is 0 Å². The van der Waals surface area contributed by atoms with E-state index in [-0.39, 0.29) is 5.75 Å². The van der Waals surface area contributed by atoms with E-state index in [0.29, 0.717) is 0 Å². The van der Waals surface area contributed by atoms with Gasteiger partial charge in [-0.2, -0.15) is 5.26 Å². The van der Waals surface area contributed by atoms with Gasteiger partial charge in [0.2, 0.25) is 0 Å². The van der Waals surface area contributed by atoms with Gasteiger partial charge >= 0.3 is 0 Å². The van der Waals surface area contributed by atoms with Crippen molar-refractivity contribution < 1.29 is 5.11 Å². The SMILES string of the molecule is Cc1ccc(C(C)(C#N)c2ccc(O)cc2)cc1. The van der Waals surface area contributed by atoms with Gasteiger partial charge in [-0.15, -0.1) is 0 Å². The van der Waals surface area contributed by atoms with E-state index in [1.807, 2.05) is 38.1 Å². The minimum Gasteiger partial charge on any atom is -0.508 e. The normalized spacial score (nSPS) is 13.6. The molecule has 2 heteroatoms. The lowest BCUT2D eigenvalue weighted by Gasteiger charge is -2.23. The predicted molar refractivity (Wildman–Crippen MR) is 71.4 cm³/mol. The fourth-order valence-corrected chi connectivity index (χ4v) is 1.98. The van der Waals surface area contributed by atoms with Gasteiger partial charge in [-0.3, -0.25) is 0 Å². The van der Waals surface area contributed by atoms with Crippen molar-refractivity contribution in [3.05, 3.63) is 65.2 Å². The summed E-state index contributed by atoms with van der Waals surface area (Å²) >= 11 is 0. The molecule has 0 saturated carbocycles. The third-order valence-corrected chi connectivity index (χ3v) is 3.30. The number of nitriles is 1. The van der Waals surface area contributed by atoms with Crippen molar-refractivity contribution in [2.24, 2.45) is 0 Å². The number of aromatic hydroxyl groups is 1. The number of phenols is 1. The van der Waals surface area contributed by atoms with Crippen molar-refractivity contribution in [2.75, 3.05) is 0 Å². The van der Waals surface area contributed by atoms with Crippen LogP contribution in [0.2, 0.25) is 0 Å². The van der Waals surface area contributed by atoms with Crippen LogP contribution in [0.5, 0.6) is 5.75 Å². The summed E-state index contributed by atoms with van der Waals surface area (Å²) in [5.41, 5.74) is 2.32. The first kappa shape index (κ1) is 12.2. The van der Waals surface area contributed by atoms with Crippen molar-refractivity contribution >= 4 is 0 Å². The highest BCUT2D eigenvalue weighted by Crippen LogP contribution is 2.32. The molecular weight excluding hydrogens is 222 g/mol. The summed E-state index contributed by atoms with van der Waals surface area (Å²) in [5.74, 6) is 0.211. The molecule has 90 valence electrons. The first-order valence-electron chi connectivity index (χ1n) is 5.84. The maximum Gasteiger partial charge on any atom is 0.115 e. The number of hydrogen-bond acceptors (Lipinski definition) is 2. The third-order valence-electron chi connectivity index (χ3n) is 3.30. The Bertz CT molecular complexity index is 530. The van der Waals surface area contributed by atoms with E-state index in [9.17, 15) is 10.4 Å². The average Bonchev–Trinajstić information content (AvgIpc) is 2.39. The number of aryl methyl sites for hydroxylation is 1. The Labute approximate surface area is 107 Å². The van der Waals surface area contributed by atoms with Crippen LogP contribution < -0.4 is 0 Å². The van der Waals surface area contributed by atoms with Crippen molar-refractivity contribution in [3.8, 4) is 11.8 Å². The molecule has 0 spiro atoms. The second-order valence-corrected chi connectivity index (χ2v) is 4.65. The number of benzene rings is 2. The maximum atomic E-state index is 9.52. The molecule has 1 N–H and O–H groups in total. The van der Waals surface area contributed by atoms with Crippen LogP contribution >= 0.6 is 0 Å². The standard InChI is InChI=1S/C16H15NO/c1-12-3-5-13(6-4-12)16(2,11-17)14-7-9-15(18)10-8-14/h3-10,18H,1-2H3. The molecule has 0 aliphatic carbocycles. The predicted octanol–water partition coefficient (Wildman–Crippen LogP) is 3.53. The van der Waals surface area contributed by atoms with E-state index in [1.54, 1.807) is 24.3 Å². The summed E-state index contributed by atoms with van der Waals surface area (Å²) < 4.78 is 0. The van der Waals surface area contributed by atoms with Crippen LogP contribution in [0, 0.1) is 18.3 Å². The average molecular weight is 237 g/mol. The molecule has 2 rings (SSSR count). The molecule has 0 amide bonds. The zero-order valence-electron chi connectivity index (χ0n) is 10.5. The van der Waals surface area contributed by atoms with Crippen LogP contribution in [0.25, 0.3) is 0 Å². The van der Waals surface area contributed by atoms with E-state index >= 15 is 0 Å². The molecule has 18 heavy (non-hydrogen) atoms. The first-order chi connectivity index (χ1) is 8.56. The second kappa shape index (κ2) is 4.54. The molecule has 0 aliphatic heterocycles. The Balaban J connectivity index is 2.52. The van der Waals surface area contributed by atoms with Crippen LogP contribution in [-0.2, 0) is 5.41 Å². The molecule has 0 bridgehead atoms. The van der Waals surface area contributed by atoms with E-state index < -0.39 is 5.41 Å². The summed E-state index contributed by atoms with van der Waals surface area (Å²) in [7, 11) is 0. The van der Waals surface area contributed by atoms with Gasteiger partial charge in [0.05, 0.1) is 6.07 Å². The molecule has 1 atom stereocenters. The lowest BCUT2D eigenvalue weighted by Crippen LogP contribution is -2.21. The van der Waals surface area contributed by atoms with Gasteiger partial charge in [0.25, 0.3) is 0 Å². The van der Waals surface area contributed by atoms with Crippen LogP contribution in [-0.4, -0.2) is 5.11 Å². The number of phenolic OH excluding ortho intramolecular Hbond substituents is 1. The quantitative estimate of drug-likeness (QED) is 0.868. The molecule has 0 aliphatic rings. The van der Waals surface area contributed by atoms with Gasteiger partial charge in [0, 0.05) is 0 Å². The summed E-state index contributed by atoms with van der Waals surface area (Å²) in [4.78, 5) is 0. The molecule has 0 heterocycles. The van der Waals surface area contributed by atoms with E-state index in [0.717, 1.165) is 11.1 Å². The van der Waals surface area contributed by atoms with Gasteiger partial charge in [-0.05, 0) is 37.1 Å². The van der Waals surface area contributed by atoms with Gasteiger partial charge in [0.15, 0.2) is 0 Å². The van der Waals surface area contributed by atoms with E-state index in [4.69, 9.17) is 0 Å². The number of rotatable bonds is 2. The Kier molecular flexibility index (Phi) is 3.08. The largest absolute Gasteiger partial charge is 0.508 e. The smallest absolute Gasteiger partial charge is 0.115 e. The molecule has 2 aromatic rings. The summed E-state index contributed by atoms with van der Waals surface area (Å²) in [6.07, 6.45) is 0. The van der Waals surface area contributed by atoms with Crippen LogP contribution in [0.4, 0.5) is 0 Å². The number of nitrogens with zero attached hydrogens (tertiary/aromatic N) is 1. The fraction of sp³-hybridized carbons (Fsp3) is 0.188. The zero-order chi connectivity index (χ0) is 13.2. The summed E-state index contributed by atoms with van der Waals surface area (Å²) in [6, 6.07) is 17.1. The monoisotopic (exact) mass is 237 g/mol. The van der Waals surface area contributed by atoms with Gasteiger partial charge in [0.1, 0.15) is 11.2 Å². The number of hydrogen-bond donors (Lipinski definition) is 1. The lowest BCUT2D eigenvalue weighted by atomic mass is 9.77. The molecule has 0 radical (unpaired) electrons. The van der Waals surface area contributed by atoms with Crippen LogP contribution in [0.1, 0.15) is 23.6 Å². The van der Waals surface area contributed by atoms with Crippen molar-refractivity contribution in [2.45, 2.75) is 19.3 Å². The zero-order valence-corrected chi connectivity index (χ0v) is 10.5. The third kappa shape index (κ3) is 2.08. The molecule has 0 fully saturated rings. The van der Waals surface area contributed by atoms with E-state index in [2.05, 4.69) is 6.07 Å². The fourth-order valence-electron chi connectivity index (χ4n) is 1.98. The molecule has 0 aromatic heterocycles. The van der Waals surface area contributed by atoms with Gasteiger partial charge in [-0.1, -0.05) is 42.0 Å². The molecular formula is C16H15NO. The summed E-state index contributed by atoms with van der Waals surface area (Å²) in [5, 5.41) is 18.8. The highest BCUT2D eigenvalue weighted by Gasteiger charge is 2.28. The Hall–Kier alpha value is -2.27. The molecule has 0 saturated heterocycles. The van der Waals surface area contributed by atoms with Crippen molar-refractivity contribution in [3.63, 3.8) is 0 Å². The van der Waals surface area contributed by atoms with Crippen molar-refractivity contribution in [1.82, 2.24) is 0 Å². The maximum absolute atomic E-state index is 9.52. The van der Waals surface area contributed by atoms with Crippen LogP contribution in [0.15, 0.2) is 48.5 Å². The second-order valence-electron chi connectivity index (χ2n) is 4.65.